The molecule has 4 nitrogen and oxygen atoms in total. The molecule has 0 aliphatic heterocycles. The van der Waals surface area contributed by atoms with Crippen LogP contribution in [0.15, 0.2) is 6.20 Å². The zero-order valence-electron chi connectivity index (χ0n) is 9.61. The Balaban J connectivity index is 2.08. The highest BCUT2D eigenvalue weighted by molar-refractivity contribution is 5.02. The summed E-state index contributed by atoms with van der Waals surface area (Å²) in [6, 6.07) is 0. The third-order valence-electron chi connectivity index (χ3n) is 3.59. The molecular weight excluding hydrogens is 188 g/mol. The molecule has 1 saturated carbocycles. The molecule has 0 saturated heterocycles. The van der Waals surface area contributed by atoms with E-state index in [9.17, 15) is 0 Å². The van der Waals surface area contributed by atoms with Gasteiger partial charge in [-0.05, 0) is 37.1 Å². The van der Waals surface area contributed by atoms with Gasteiger partial charge in [0.15, 0.2) is 0 Å². The molecule has 1 aromatic rings. The van der Waals surface area contributed by atoms with Crippen LogP contribution in [0.1, 0.15) is 31.9 Å². The highest BCUT2D eigenvalue weighted by atomic mass is 15.4. The van der Waals surface area contributed by atoms with Gasteiger partial charge in [0.25, 0.3) is 0 Å². The predicted molar refractivity (Wildman–Crippen MR) is 59.2 cm³/mol. The van der Waals surface area contributed by atoms with Crippen molar-refractivity contribution in [3.8, 4) is 0 Å². The van der Waals surface area contributed by atoms with Crippen molar-refractivity contribution in [1.29, 1.82) is 0 Å². The summed E-state index contributed by atoms with van der Waals surface area (Å²) in [7, 11) is 1.91. The molecule has 15 heavy (non-hydrogen) atoms. The quantitative estimate of drug-likeness (QED) is 0.810. The van der Waals surface area contributed by atoms with Gasteiger partial charge >= 0.3 is 0 Å². The molecule has 2 atom stereocenters. The van der Waals surface area contributed by atoms with Crippen LogP contribution in [0.25, 0.3) is 0 Å². The molecule has 2 unspecified atom stereocenters. The van der Waals surface area contributed by atoms with Gasteiger partial charge in [0.2, 0.25) is 0 Å². The third kappa shape index (κ3) is 2.20. The lowest BCUT2D eigenvalue weighted by Gasteiger charge is -2.26. The number of aryl methyl sites for hydroxylation is 1. The van der Waals surface area contributed by atoms with Crippen molar-refractivity contribution in [2.45, 2.75) is 32.6 Å². The maximum atomic E-state index is 5.93. The SMILES string of the molecule is CC1CCC(CN)(Cc2cn(C)nn2)C1. The predicted octanol–water partition coefficient (Wildman–Crippen LogP) is 1.12. The van der Waals surface area contributed by atoms with Gasteiger partial charge in [-0.3, -0.25) is 4.68 Å². The summed E-state index contributed by atoms with van der Waals surface area (Å²) in [6.45, 7) is 3.09. The average Bonchev–Trinajstić information content (AvgIpc) is 2.75. The zero-order chi connectivity index (χ0) is 10.9. The molecule has 4 heteroatoms. The number of nitrogens with two attached hydrogens (primary N) is 1. The first-order valence-electron chi connectivity index (χ1n) is 5.69. The first-order valence-corrected chi connectivity index (χ1v) is 5.69. The minimum Gasteiger partial charge on any atom is -0.330 e. The van der Waals surface area contributed by atoms with E-state index in [2.05, 4.69) is 17.2 Å². The smallest absolute Gasteiger partial charge is 0.0833 e. The number of nitrogens with zero attached hydrogens (tertiary/aromatic N) is 3. The highest BCUT2D eigenvalue weighted by Gasteiger charge is 2.36. The second kappa shape index (κ2) is 3.93. The molecule has 1 aliphatic carbocycles. The molecule has 1 aromatic heterocycles. The first-order chi connectivity index (χ1) is 7.13. The number of aromatic nitrogens is 3. The van der Waals surface area contributed by atoms with Gasteiger partial charge in [-0.2, -0.15) is 0 Å². The van der Waals surface area contributed by atoms with Crippen LogP contribution in [0.2, 0.25) is 0 Å². The monoisotopic (exact) mass is 208 g/mol. The van der Waals surface area contributed by atoms with Crippen LogP contribution in [-0.2, 0) is 13.5 Å². The van der Waals surface area contributed by atoms with E-state index in [1.807, 2.05) is 13.2 Å². The van der Waals surface area contributed by atoms with Crippen molar-refractivity contribution in [3.63, 3.8) is 0 Å². The second-order valence-electron chi connectivity index (χ2n) is 5.11. The van der Waals surface area contributed by atoms with Gasteiger partial charge in [0.1, 0.15) is 0 Å². The van der Waals surface area contributed by atoms with Crippen LogP contribution in [0.5, 0.6) is 0 Å². The van der Waals surface area contributed by atoms with Gasteiger partial charge in [-0.15, -0.1) is 5.10 Å². The molecule has 2 N–H and O–H groups in total. The normalized spacial score (nSPS) is 31.0. The fourth-order valence-corrected chi connectivity index (χ4v) is 2.77. The minimum absolute atomic E-state index is 0.287. The van der Waals surface area contributed by atoms with Crippen molar-refractivity contribution >= 4 is 0 Å². The van der Waals surface area contributed by atoms with Crippen LogP contribution in [-0.4, -0.2) is 21.5 Å². The summed E-state index contributed by atoms with van der Waals surface area (Å²) in [6.07, 6.45) is 6.76. The lowest BCUT2D eigenvalue weighted by atomic mass is 9.81. The molecule has 0 amide bonds. The van der Waals surface area contributed by atoms with Crippen LogP contribution in [0.3, 0.4) is 0 Å². The van der Waals surface area contributed by atoms with Gasteiger partial charge in [0, 0.05) is 13.2 Å². The topological polar surface area (TPSA) is 56.7 Å². The summed E-state index contributed by atoms with van der Waals surface area (Å²) in [5, 5.41) is 8.12. The fourth-order valence-electron chi connectivity index (χ4n) is 2.77. The lowest BCUT2D eigenvalue weighted by molar-refractivity contribution is 0.292. The van der Waals surface area contributed by atoms with Gasteiger partial charge in [0.05, 0.1) is 5.69 Å². The van der Waals surface area contributed by atoms with Crippen LogP contribution < -0.4 is 5.73 Å². The molecule has 0 spiro atoms. The van der Waals surface area contributed by atoms with Gasteiger partial charge < -0.3 is 5.73 Å². The summed E-state index contributed by atoms with van der Waals surface area (Å²) in [5.41, 5.74) is 7.30. The van der Waals surface area contributed by atoms with Crippen molar-refractivity contribution in [2.75, 3.05) is 6.54 Å². The van der Waals surface area contributed by atoms with E-state index in [0.29, 0.717) is 0 Å². The zero-order valence-corrected chi connectivity index (χ0v) is 9.61. The van der Waals surface area contributed by atoms with E-state index >= 15 is 0 Å². The Bertz CT molecular complexity index is 333. The van der Waals surface area contributed by atoms with Crippen LogP contribution in [0.4, 0.5) is 0 Å². The van der Waals surface area contributed by atoms with E-state index in [-0.39, 0.29) is 5.41 Å². The van der Waals surface area contributed by atoms with Crippen molar-refractivity contribution in [3.05, 3.63) is 11.9 Å². The Hall–Kier alpha value is -0.900. The Morgan fingerprint density at radius 1 is 1.67 bits per heavy atom. The molecule has 84 valence electrons. The molecule has 1 aliphatic rings. The molecule has 0 bridgehead atoms. The number of hydrogen-bond donors (Lipinski definition) is 1. The molecule has 0 aromatic carbocycles. The summed E-state index contributed by atoms with van der Waals surface area (Å²) >= 11 is 0. The number of rotatable bonds is 3. The Labute approximate surface area is 90.8 Å². The Kier molecular flexibility index (Phi) is 2.78. The lowest BCUT2D eigenvalue weighted by Crippen LogP contribution is -2.30. The molecular formula is C11H20N4. The van der Waals surface area contributed by atoms with E-state index < -0.39 is 0 Å². The maximum absolute atomic E-state index is 5.93. The third-order valence-corrected chi connectivity index (χ3v) is 3.59. The van der Waals surface area contributed by atoms with Crippen molar-refractivity contribution in [1.82, 2.24) is 15.0 Å². The van der Waals surface area contributed by atoms with E-state index in [1.54, 1.807) is 4.68 Å². The average molecular weight is 208 g/mol. The van der Waals surface area contributed by atoms with E-state index in [4.69, 9.17) is 5.73 Å². The molecule has 0 radical (unpaired) electrons. The van der Waals surface area contributed by atoms with Crippen LogP contribution in [0, 0.1) is 11.3 Å². The Morgan fingerprint density at radius 3 is 2.93 bits per heavy atom. The second-order valence-corrected chi connectivity index (χ2v) is 5.11. The van der Waals surface area contributed by atoms with Gasteiger partial charge in [-0.1, -0.05) is 18.6 Å². The molecule has 1 heterocycles. The summed E-state index contributed by atoms with van der Waals surface area (Å²) in [5.74, 6) is 0.810. The first kappa shape index (κ1) is 10.6. The Morgan fingerprint density at radius 2 is 2.47 bits per heavy atom. The van der Waals surface area contributed by atoms with Gasteiger partial charge in [-0.25, -0.2) is 0 Å². The van der Waals surface area contributed by atoms with E-state index in [0.717, 1.165) is 24.6 Å². The summed E-state index contributed by atoms with van der Waals surface area (Å²) < 4.78 is 1.76. The number of hydrogen-bond acceptors (Lipinski definition) is 3. The van der Waals surface area contributed by atoms with Crippen LogP contribution >= 0.6 is 0 Å². The maximum Gasteiger partial charge on any atom is 0.0833 e. The largest absolute Gasteiger partial charge is 0.330 e. The summed E-state index contributed by atoms with van der Waals surface area (Å²) in [4.78, 5) is 0. The van der Waals surface area contributed by atoms with Crippen molar-refractivity contribution in [2.24, 2.45) is 24.1 Å². The standard InChI is InChI=1S/C11H20N4/c1-9-3-4-11(5-9,8-12)6-10-7-15(2)14-13-10/h7,9H,3-6,8,12H2,1-2H3. The van der Waals surface area contributed by atoms with E-state index in [1.165, 1.54) is 19.3 Å². The molecule has 2 rings (SSSR count). The highest BCUT2D eigenvalue weighted by Crippen LogP contribution is 2.42. The molecule has 1 fully saturated rings. The van der Waals surface area contributed by atoms with Crippen molar-refractivity contribution < 1.29 is 0 Å². The fraction of sp³-hybridized carbons (Fsp3) is 0.818. The minimum atomic E-state index is 0.287.